The summed E-state index contributed by atoms with van der Waals surface area (Å²) in [5.41, 5.74) is -8.66. The van der Waals surface area contributed by atoms with Gasteiger partial charge in [0.15, 0.2) is 23.1 Å². The van der Waals surface area contributed by atoms with E-state index in [2.05, 4.69) is 0 Å². The lowest BCUT2D eigenvalue weighted by Crippen LogP contribution is -2.65. The molecule has 214 valence electrons. The molecule has 0 aromatic heterocycles. The lowest BCUT2D eigenvalue weighted by Gasteiger charge is -2.53. The van der Waals surface area contributed by atoms with Gasteiger partial charge in [0.2, 0.25) is 0 Å². The molecule has 4 fully saturated rings. The molecule has 4 saturated carbocycles. The van der Waals surface area contributed by atoms with Gasteiger partial charge in [0.1, 0.15) is 34.5 Å². The van der Waals surface area contributed by atoms with Gasteiger partial charge in [-0.1, -0.05) is 0 Å². The van der Waals surface area contributed by atoms with E-state index in [1.807, 2.05) is 0 Å². The van der Waals surface area contributed by atoms with E-state index < -0.39 is 138 Å². The van der Waals surface area contributed by atoms with Gasteiger partial charge in [-0.2, -0.15) is 0 Å². The van der Waals surface area contributed by atoms with Crippen LogP contribution in [0.2, 0.25) is 0 Å². The Balaban J connectivity index is 1.56. The molecule has 0 aliphatic heterocycles. The number of aryl methyl sites for hydroxylation is 2. The smallest absolute Gasteiger partial charge is 0.179 e. The van der Waals surface area contributed by atoms with Crippen molar-refractivity contribution in [3.63, 3.8) is 0 Å². The second kappa shape index (κ2) is 6.85. The molecule has 6 aliphatic rings. The fourth-order valence-corrected chi connectivity index (χ4v) is 9.59. The molecule has 0 amide bonds. The van der Waals surface area contributed by atoms with E-state index in [4.69, 9.17) is 0 Å². The van der Waals surface area contributed by atoms with Crippen LogP contribution in [0.15, 0.2) is 23.3 Å². The molecule has 2 aromatic rings. The van der Waals surface area contributed by atoms with Gasteiger partial charge in [0.25, 0.3) is 0 Å². The number of phenols is 4. The van der Waals surface area contributed by atoms with E-state index in [9.17, 15) is 60.0 Å². The van der Waals surface area contributed by atoms with Gasteiger partial charge in [-0.15, -0.1) is 0 Å². The van der Waals surface area contributed by atoms with E-state index in [1.54, 1.807) is 0 Å². The summed E-state index contributed by atoms with van der Waals surface area (Å²) in [5.74, 6) is -15.9. The molecule has 0 radical (unpaired) electrons. The monoisotopic (exact) mass is 574 g/mol. The lowest BCUT2D eigenvalue weighted by atomic mass is 9.46. The highest BCUT2D eigenvalue weighted by atomic mass is 16.3. The maximum absolute atomic E-state index is 14.6. The van der Waals surface area contributed by atoms with Crippen molar-refractivity contribution in [2.75, 3.05) is 0 Å². The van der Waals surface area contributed by atoms with Gasteiger partial charge in [-0.25, -0.2) is 0 Å². The van der Waals surface area contributed by atoms with E-state index in [-0.39, 0.29) is 11.1 Å². The first-order valence-electron chi connectivity index (χ1n) is 13.2. The van der Waals surface area contributed by atoms with E-state index >= 15 is 0 Å². The number of rotatable bonds is 0. The van der Waals surface area contributed by atoms with Crippen molar-refractivity contribution < 1.29 is 60.0 Å². The zero-order chi connectivity index (χ0) is 30.3. The number of aliphatic hydroxyl groups is 4. The quantitative estimate of drug-likeness (QED) is 0.207. The second-order valence-electron chi connectivity index (χ2n) is 12.2. The Hall–Kier alpha value is -4.68. The predicted molar refractivity (Wildman–Crippen MR) is 138 cm³/mol. The number of aliphatic hydroxyl groups excluding tert-OH is 4. The Bertz CT molecular complexity index is 1780. The van der Waals surface area contributed by atoms with Gasteiger partial charge in [-0.05, 0) is 37.1 Å². The van der Waals surface area contributed by atoms with Crippen molar-refractivity contribution in [1.29, 1.82) is 0 Å². The van der Waals surface area contributed by atoms with Crippen molar-refractivity contribution in [3.05, 3.63) is 56.7 Å². The van der Waals surface area contributed by atoms with Gasteiger partial charge < -0.3 is 40.9 Å². The van der Waals surface area contributed by atoms with Crippen molar-refractivity contribution in [3.8, 4) is 23.0 Å². The second-order valence-corrected chi connectivity index (χ2v) is 12.2. The van der Waals surface area contributed by atoms with Crippen molar-refractivity contribution >= 4 is 34.7 Å². The molecule has 4 bridgehead atoms. The van der Waals surface area contributed by atoms with Gasteiger partial charge in [0.05, 0.1) is 68.3 Å². The zero-order valence-corrected chi connectivity index (χ0v) is 21.8. The molecular weight excluding hydrogens is 552 g/mol. The minimum Gasteiger partial charge on any atom is -0.507 e. The number of carbonyl (C=O) groups is 4. The summed E-state index contributed by atoms with van der Waals surface area (Å²) in [6, 6.07) is 2.13. The molecule has 8 rings (SSSR count). The standard InChI is InChI=1S/C30H22O12/c1-5-3-7(31)9-11(19(5)33)27(41)29-13-14-24(38)17(29)26(40)16-22(36)10-8(32)4-6(2)20(34)12(10)28(42)30(14,16)18(23(13)37)25(39)15(29)21(9)35/h3-4,13-14,17-18,23-24,31-38H,1-2H3/t13-,14-,17+,18+,23-,24-,29+,30+/m1/s1. The maximum atomic E-state index is 14.6. The Morgan fingerprint density at radius 1 is 0.571 bits per heavy atom. The molecule has 12 nitrogen and oxygen atoms in total. The van der Waals surface area contributed by atoms with Crippen LogP contribution in [0.25, 0.3) is 11.5 Å². The van der Waals surface area contributed by atoms with Crippen LogP contribution in [0.3, 0.4) is 0 Å². The van der Waals surface area contributed by atoms with E-state index in [0.717, 1.165) is 12.1 Å². The topological polar surface area (TPSA) is 230 Å². The van der Waals surface area contributed by atoms with Crippen LogP contribution in [0.1, 0.15) is 43.0 Å². The van der Waals surface area contributed by atoms with Crippen molar-refractivity contribution in [1.82, 2.24) is 0 Å². The van der Waals surface area contributed by atoms with Crippen LogP contribution in [-0.2, 0) is 9.59 Å². The number of aromatic hydroxyl groups is 4. The average molecular weight is 574 g/mol. The number of Topliss-reactive ketones (excluding diaryl/α,β-unsaturated/α-hetero) is 4. The number of allylic oxidation sites excluding steroid dienone is 2. The van der Waals surface area contributed by atoms with Crippen LogP contribution in [0, 0.1) is 48.3 Å². The summed E-state index contributed by atoms with van der Waals surface area (Å²) in [4.78, 5) is 58.1. The number of phenolic OH excluding ortho intramolecular Hbond substituents is 4. The highest BCUT2D eigenvalue weighted by Gasteiger charge is 2.90. The van der Waals surface area contributed by atoms with E-state index in [1.165, 1.54) is 13.8 Å². The van der Waals surface area contributed by atoms with E-state index in [0.29, 0.717) is 0 Å². The van der Waals surface area contributed by atoms with Gasteiger partial charge >= 0.3 is 0 Å². The van der Waals surface area contributed by atoms with Gasteiger partial charge in [0, 0.05) is 11.8 Å². The molecule has 0 heterocycles. The number of fused-ring (bicyclic) bond motifs is 4. The van der Waals surface area contributed by atoms with Gasteiger partial charge in [-0.3, -0.25) is 19.2 Å². The Labute approximate surface area is 235 Å². The molecule has 8 atom stereocenters. The molecule has 0 unspecified atom stereocenters. The minimum absolute atomic E-state index is 0.0181. The summed E-state index contributed by atoms with van der Waals surface area (Å²) in [7, 11) is 0. The molecule has 8 N–H and O–H groups in total. The number of hydrogen-bond donors (Lipinski definition) is 8. The first-order chi connectivity index (χ1) is 19.7. The SMILES string of the molecule is Cc1cc(O)c2c(c1O)C(=O)[C@]13C(=C2O)C(=O)[C@@H]2[C@H](O)[C@H]1[C@@H]1[C@@H](O)[C@H]3C(=O)C3=C(O)c4c(O)cc(C)c(O)c4C(=O)[C@]312. The summed E-state index contributed by atoms with van der Waals surface area (Å²) in [6.45, 7) is 2.72. The predicted octanol–water partition coefficient (Wildman–Crippen LogP) is 1.11. The summed E-state index contributed by atoms with van der Waals surface area (Å²) in [6.07, 6.45) is -3.71. The Kier molecular flexibility index (Phi) is 4.09. The third kappa shape index (κ3) is 2.03. The Morgan fingerprint density at radius 3 is 1.24 bits per heavy atom. The number of ketones is 4. The van der Waals surface area contributed by atoms with Crippen molar-refractivity contribution in [2.24, 2.45) is 34.5 Å². The first-order valence-corrected chi connectivity index (χ1v) is 13.2. The maximum Gasteiger partial charge on any atom is 0.179 e. The summed E-state index contributed by atoms with van der Waals surface area (Å²) >= 11 is 0. The number of hydrogen-bond acceptors (Lipinski definition) is 12. The molecule has 2 spiro atoms. The number of carbonyl (C=O) groups excluding carboxylic acids is 4. The number of benzene rings is 2. The van der Waals surface area contributed by atoms with Crippen LogP contribution in [0.5, 0.6) is 23.0 Å². The largest absolute Gasteiger partial charge is 0.507 e. The normalized spacial score (nSPS) is 36.9. The fourth-order valence-electron chi connectivity index (χ4n) is 9.59. The fraction of sp³-hybridized carbons (Fsp3) is 0.333. The zero-order valence-electron chi connectivity index (χ0n) is 21.8. The lowest BCUT2D eigenvalue weighted by molar-refractivity contribution is -0.142. The molecule has 42 heavy (non-hydrogen) atoms. The first kappa shape index (κ1) is 25.1. The molecular formula is C30H22O12. The van der Waals surface area contributed by atoms with Crippen LogP contribution >= 0.6 is 0 Å². The molecule has 2 aromatic carbocycles. The average Bonchev–Trinajstić information content (AvgIpc) is 3.27. The summed E-state index contributed by atoms with van der Waals surface area (Å²) < 4.78 is 0. The Morgan fingerprint density at radius 2 is 0.905 bits per heavy atom. The summed E-state index contributed by atoms with van der Waals surface area (Å²) in [5, 5.41) is 89.8. The van der Waals surface area contributed by atoms with Crippen LogP contribution in [-0.4, -0.2) is 76.2 Å². The van der Waals surface area contributed by atoms with Crippen molar-refractivity contribution in [2.45, 2.75) is 26.1 Å². The third-order valence-electron chi connectivity index (χ3n) is 10.8. The van der Waals surface area contributed by atoms with Crippen LogP contribution in [0.4, 0.5) is 0 Å². The molecule has 0 saturated heterocycles. The molecule has 12 heteroatoms. The highest BCUT2D eigenvalue weighted by molar-refractivity contribution is 6.31. The van der Waals surface area contributed by atoms with Crippen LogP contribution < -0.4 is 0 Å². The molecule has 6 aliphatic carbocycles. The highest BCUT2D eigenvalue weighted by Crippen LogP contribution is 2.80. The third-order valence-corrected chi connectivity index (χ3v) is 10.8. The minimum atomic E-state index is -2.48.